The van der Waals surface area contributed by atoms with Gasteiger partial charge in [0.2, 0.25) is 0 Å². The highest BCUT2D eigenvalue weighted by atomic mass is 32.1. The third-order valence-corrected chi connectivity index (χ3v) is 4.21. The molecule has 19 heavy (non-hydrogen) atoms. The number of nitrogens with one attached hydrogen (secondary N) is 1. The molecule has 1 fully saturated rings. The molecule has 3 nitrogen and oxygen atoms in total. The summed E-state index contributed by atoms with van der Waals surface area (Å²) in [5.41, 5.74) is 0.642. The van der Waals surface area contributed by atoms with Gasteiger partial charge in [0.05, 0.1) is 0 Å². The van der Waals surface area contributed by atoms with Crippen LogP contribution in [0.4, 0.5) is 0 Å². The molecule has 0 aromatic heterocycles. The van der Waals surface area contributed by atoms with Crippen LogP contribution in [0.15, 0.2) is 29.2 Å². The minimum atomic E-state index is -0.0573. The molecule has 0 spiro atoms. The Kier molecular flexibility index (Phi) is 5.28. The van der Waals surface area contributed by atoms with E-state index in [2.05, 4.69) is 17.9 Å². The lowest BCUT2D eigenvalue weighted by Crippen LogP contribution is -2.35. The number of aliphatic hydroxyl groups is 1. The van der Waals surface area contributed by atoms with Crippen molar-refractivity contribution in [3.8, 4) is 0 Å². The fourth-order valence-electron chi connectivity index (χ4n) is 2.77. The normalized spacial score (nSPS) is 23.1. The first kappa shape index (κ1) is 14.4. The summed E-state index contributed by atoms with van der Waals surface area (Å²) in [6, 6.07) is 7.24. The standard InChI is InChI=1S/C15H21NO2S/c17-10-13-5-2-1-4-12(13)9-16-15(18)11-6-3-7-14(19)8-11/h3,6-8,12-13,17,19H,1-2,4-5,9-10H2,(H,16,18). The minimum absolute atomic E-state index is 0.0573. The van der Waals surface area contributed by atoms with Gasteiger partial charge in [-0.3, -0.25) is 4.79 Å². The zero-order valence-corrected chi connectivity index (χ0v) is 11.9. The molecule has 4 heteroatoms. The van der Waals surface area contributed by atoms with E-state index < -0.39 is 0 Å². The number of carbonyl (C=O) groups is 1. The molecule has 104 valence electrons. The fraction of sp³-hybridized carbons (Fsp3) is 0.533. The monoisotopic (exact) mass is 279 g/mol. The number of carbonyl (C=O) groups excluding carboxylic acids is 1. The minimum Gasteiger partial charge on any atom is -0.396 e. The lowest BCUT2D eigenvalue weighted by molar-refractivity contribution is 0.0909. The summed E-state index contributed by atoms with van der Waals surface area (Å²) >= 11 is 4.23. The van der Waals surface area contributed by atoms with E-state index in [0.29, 0.717) is 23.9 Å². The van der Waals surface area contributed by atoms with Crippen molar-refractivity contribution in [2.24, 2.45) is 11.8 Å². The second-order valence-electron chi connectivity index (χ2n) is 5.25. The van der Waals surface area contributed by atoms with Gasteiger partial charge in [0, 0.05) is 23.6 Å². The van der Waals surface area contributed by atoms with Crippen molar-refractivity contribution in [3.05, 3.63) is 29.8 Å². The van der Waals surface area contributed by atoms with Gasteiger partial charge in [-0.2, -0.15) is 0 Å². The highest BCUT2D eigenvalue weighted by Crippen LogP contribution is 2.29. The molecule has 1 amide bonds. The van der Waals surface area contributed by atoms with Gasteiger partial charge < -0.3 is 10.4 Å². The van der Waals surface area contributed by atoms with Gasteiger partial charge in [0.1, 0.15) is 0 Å². The zero-order valence-electron chi connectivity index (χ0n) is 11.0. The molecule has 2 unspecified atom stereocenters. The zero-order chi connectivity index (χ0) is 13.7. The number of benzene rings is 1. The van der Waals surface area contributed by atoms with E-state index >= 15 is 0 Å². The molecule has 0 heterocycles. The highest BCUT2D eigenvalue weighted by Gasteiger charge is 2.24. The average Bonchev–Trinajstić information content (AvgIpc) is 2.45. The van der Waals surface area contributed by atoms with E-state index in [1.165, 1.54) is 12.8 Å². The van der Waals surface area contributed by atoms with Crippen molar-refractivity contribution in [1.29, 1.82) is 0 Å². The van der Waals surface area contributed by atoms with Crippen LogP contribution in [-0.4, -0.2) is 24.2 Å². The Morgan fingerprint density at radius 1 is 1.32 bits per heavy atom. The largest absolute Gasteiger partial charge is 0.396 e. The molecule has 0 saturated heterocycles. The molecular formula is C15H21NO2S. The van der Waals surface area contributed by atoms with Crippen molar-refractivity contribution in [2.45, 2.75) is 30.6 Å². The molecule has 0 aliphatic heterocycles. The molecule has 0 bridgehead atoms. The summed E-state index contributed by atoms with van der Waals surface area (Å²) in [5.74, 6) is 0.685. The molecule has 1 aromatic carbocycles. The average molecular weight is 279 g/mol. The maximum Gasteiger partial charge on any atom is 0.251 e. The summed E-state index contributed by atoms with van der Waals surface area (Å²) in [4.78, 5) is 12.8. The topological polar surface area (TPSA) is 49.3 Å². The fourth-order valence-corrected chi connectivity index (χ4v) is 2.99. The Morgan fingerprint density at radius 2 is 2.05 bits per heavy atom. The third kappa shape index (κ3) is 3.98. The van der Waals surface area contributed by atoms with E-state index in [1.54, 1.807) is 12.1 Å². The summed E-state index contributed by atoms with van der Waals surface area (Å²) in [6.45, 7) is 0.882. The molecule has 1 aliphatic carbocycles. The molecule has 1 aliphatic rings. The lowest BCUT2D eigenvalue weighted by Gasteiger charge is -2.30. The molecule has 2 atom stereocenters. The maximum absolute atomic E-state index is 12.0. The number of hydrogen-bond donors (Lipinski definition) is 3. The van der Waals surface area contributed by atoms with Crippen LogP contribution in [-0.2, 0) is 0 Å². The highest BCUT2D eigenvalue weighted by molar-refractivity contribution is 7.80. The number of thiol groups is 1. The number of rotatable bonds is 4. The van der Waals surface area contributed by atoms with Crippen molar-refractivity contribution in [2.75, 3.05) is 13.2 Å². The molecule has 2 N–H and O–H groups in total. The summed E-state index contributed by atoms with van der Waals surface area (Å²) < 4.78 is 0. The maximum atomic E-state index is 12.0. The van der Waals surface area contributed by atoms with E-state index in [-0.39, 0.29) is 12.5 Å². The molecule has 1 aromatic rings. The summed E-state index contributed by atoms with van der Waals surface area (Å²) in [6.07, 6.45) is 4.56. The quantitative estimate of drug-likeness (QED) is 0.742. The Morgan fingerprint density at radius 3 is 2.74 bits per heavy atom. The van der Waals surface area contributed by atoms with Crippen LogP contribution in [0.5, 0.6) is 0 Å². The van der Waals surface area contributed by atoms with Gasteiger partial charge in [-0.15, -0.1) is 12.6 Å². The molecule has 2 rings (SSSR count). The van der Waals surface area contributed by atoms with Crippen LogP contribution in [0.2, 0.25) is 0 Å². The number of aliphatic hydroxyl groups excluding tert-OH is 1. The van der Waals surface area contributed by atoms with Gasteiger partial charge >= 0.3 is 0 Å². The second-order valence-corrected chi connectivity index (χ2v) is 5.76. The van der Waals surface area contributed by atoms with E-state index in [1.807, 2.05) is 12.1 Å². The summed E-state index contributed by atoms with van der Waals surface area (Å²) in [5, 5.41) is 12.3. The second kappa shape index (κ2) is 6.96. The van der Waals surface area contributed by atoms with E-state index in [4.69, 9.17) is 0 Å². The van der Waals surface area contributed by atoms with Crippen LogP contribution in [0.1, 0.15) is 36.0 Å². The van der Waals surface area contributed by atoms with E-state index in [0.717, 1.165) is 17.7 Å². The van der Waals surface area contributed by atoms with Gasteiger partial charge in [0.15, 0.2) is 0 Å². The lowest BCUT2D eigenvalue weighted by atomic mass is 9.79. The first-order chi connectivity index (χ1) is 9.20. The van der Waals surface area contributed by atoms with Crippen molar-refractivity contribution < 1.29 is 9.90 Å². The van der Waals surface area contributed by atoms with Crippen LogP contribution in [0.25, 0.3) is 0 Å². The number of hydrogen-bond acceptors (Lipinski definition) is 3. The number of amides is 1. The van der Waals surface area contributed by atoms with Crippen LogP contribution < -0.4 is 5.32 Å². The SMILES string of the molecule is O=C(NCC1CCCCC1CO)c1cccc(S)c1. The smallest absolute Gasteiger partial charge is 0.251 e. The summed E-state index contributed by atoms with van der Waals surface area (Å²) in [7, 11) is 0. The van der Waals surface area contributed by atoms with Gasteiger partial charge in [-0.05, 0) is 42.9 Å². The van der Waals surface area contributed by atoms with Gasteiger partial charge in [-0.1, -0.05) is 18.9 Å². The first-order valence-corrected chi connectivity index (χ1v) is 7.33. The Labute approximate surface area is 119 Å². The van der Waals surface area contributed by atoms with Gasteiger partial charge in [-0.25, -0.2) is 0 Å². The molecule has 0 radical (unpaired) electrons. The van der Waals surface area contributed by atoms with Crippen LogP contribution >= 0.6 is 12.6 Å². The molecule has 1 saturated carbocycles. The Bertz CT molecular complexity index is 436. The Hall–Kier alpha value is -1.00. The Balaban J connectivity index is 1.89. The van der Waals surface area contributed by atoms with E-state index in [9.17, 15) is 9.90 Å². The van der Waals surface area contributed by atoms with Crippen LogP contribution in [0.3, 0.4) is 0 Å². The van der Waals surface area contributed by atoms with Gasteiger partial charge in [0.25, 0.3) is 5.91 Å². The predicted molar refractivity (Wildman–Crippen MR) is 78.6 cm³/mol. The van der Waals surface area contributed by atoms with Crippen molar-refractivity contribution >= 4 is 18.5 Å². The predicted octanol–water partition coefficient (Wildman–Crippen LogP) is 2.50. The first-order valence-electron chi connectivity index (χ1n) is 6.89. The van der Waals surface area contributed by atoms with Crippen molar-refractivity contribution in [3.63, 3.8) is 0 Å². The van der Waals surface area contributed by atoms with Crippen molar-refractivity contribution in [1.82, 2.24) is 5.32 Å². The third-order valence-electron chi connectivity index (χ3n) is 3.93. The molecular weight excluding hydrogens is 258 g/mol. The van der Waals surface area contributed by atoms with Crippen LogP contribution in [0, 0.1) is 11.8 Å².